The summed E-state index contributed by atoms with van der Waals surface area (Å²) in [5.41, 5.74) is -1.08. The van der Waals surface area contributed by atoms with Crippen LogP contribution >= 0.6 is 11.3 Å². The van der Waals surface area contributed by atoms with Crippen molar-refractivity contribution in [1.82, 2.24) is 25.1 Å². The van der Waals surface area contributed by atoms with E-state index < -0.39 is 11.9 Å². The minimum absolute atomic E-state index is 0.0884. The van der Waals surface area contributed by atoms with E-state index in [1.165, 1.54) is 6.20 Å². The van der Waals surface area contributed by atoms with Gasteiger partial charge in [0, 0.05) is 24.0 Å². The second kappa shape index (κ2) is 5.13. The fraction of sp³-hybridized carbons (Fsp3) is 0.0909. The second-order valence-corrected chi connectivity index (χ2v) is 4.74. The van der Waals surface area contributed by atoms with E-state index in [2.05, 4.69) is 30.5 Å². The Labute approximate surface area is 120 Å². The summed E-state index contributed by atoms with van der Waals surface area (Å²) in [5.74, 6) is 0.688. The summed E-state index contributed by atoms with van der Waals surface area (Å²) in [4.78, 5) is 12.0. The molecule has 0 radical (unpaired) electrons. The maximum absolute atomic E-state index is 12.8. The van der Waals surface area contributed by atoms with Gasteiger partial charge in [-0.05, 0) is 6.07 Å². The molecule has 2 N–H and O–H groups in total. The second-order valence-electron chi connectivity index (χ2n) is 3.88. The zero-order valence-electron chi connectivity index (χ0n) is 10.2. The van der Waals surface area contributed by atoms with Gasteiger partial charge in [0.1, 0.15) is 10.8 Å². The zero-order valence-corrected chi connectivity index (χ0v) is 11.0. The van der Waals surface area contributed by atoms with Crippen molar-refractivity contribution in [3.8, 4) is 10.6 Å². The van der Waals surface area contributed by atoms with Crippen LogP contribution in [0.3, 0.4) is 0 Å². The number of nitrogens with zero attached hydrogens (tertiary/aromatic N) is 4. The number of rotatable bonds is 3. The Balaban J connectivity index is 1.88. The number of halogens is 3. The summed E-state index contributed by atoms with van der Waals surface area (Å²) in [6.07, 6.45) is -0.275. The van der Waals surface area contributed by atoms with Crippen LogP contribution in [0.2, 0.25) is 0 Å². The van der Waals surface area contributed by atoms with Gasteiger partial charge in [-0.15, -0.1) is 11.3 Å². The lowest BCUT2D eigenvalue weighted by Crippen LogP contribution is -2.07. The number of thiazole rings is 1. The van der Waals surface area contributed by atoms with Crippen molar-refractivity contribution < 1.29 is 13.2 Å². The molecule has 0 saturated carbocycles. The molecular weight excluding hydrogens is 305 g/mol. The molecule has 10 heteroatoms. The SMILES string of the molecule is FC(F)(F)c1n[nH]cc1-c1nc(Nc2ncccn2)cs1. The van der Waals surface area contributed by atoms with Crippen molar-refractivity contribution >= 4 is 23.1 Å². The van der Waals surface area contributed by atoms with E-state index in [9.17, 15) is 13.2 Å². The molecule has 3 aromatic rings. The van der Waals surface area contributed by atoms with Gasteiger partial charge in [-0.2, -0.15) is 18.3 Å². The Morgan fingerprint density at radius 1 is 1.19 bits per heavy atom. The number of aromatic nitrogens is 5. The Kier molecular flexibility index (Phi) is 3.29. The van der Waals surface area contributed by atoms with Gasteiger partial charge in [0.15, 0.2) is 5.69 Å². The van der Waals surface area contributed by atoms with Crippen molar-refractivity contribution in [3.05, 3.63) is 35.7 Å². The first-order chi connectivity index (χ1) is 10.0. The number of hydrogen-bond donors (Lipinski definition) is 2. The largest absolute Gasteiger partial charge is 0.435 e. The van der Waals surface area contributed by atoms with Gasteiger partial charge >= 0.3 is 6.18 Å². The number of H-pyrrole nitrogens is 1. The van der Waals surface area contributed by atoms with Gasteiger partial charge in [-0.25, -0.2) is 15.0 Å². The average Bonchev–Trinajstić information content (AvgIpc) is 3.07. The van der Waals surface area contributed by atoms with Crippen molar-refractivity contribution in [2.45, 2.75) is 6.18 Å². The van der Waals surface area contributed by atoms with Crippen LogP contribution < -0.4 is 5.32 Å². The molecule has 6 nitrogen and oxygen atoms in total. The lowest BCUT2D eigenvalue weighted by molar-refractivity contribution is -0.140. The smallest absolute Gasteiger partial charge is 0.308 e. The third-order valence-corrected chi connectivity index (χ3v) is 3.32. The topological polar surface area (TPSA) is 79.4 Å². The number of anilines is 2. The summed E-state index contributed by atoms with van der Waals surface area (Å²) < 4.78 is 38.3. The lowest BCUT2D eigenvalue weighted by Gasteiger charge is -2.03. The molecule has 0 aliphatic carbocycles. The predicted molar refractivity (Wildman–Crippen MR) is 70.0 cm³/mol. The summed E-state index contributed by atoms with van der Waals surface area (Å²) >= 11 is 1.07. The Morgan fingerprint density at radius 2 is 1.95 bits per heavy atom. The van der Waals surface area contributed by atoms with Gasteiger partial charge in [-0.3, -0.25) is 5.10 Å². The van der Waals surface area contributed by atoms with Crippen LogP contribution in [0, 0.1) is 0 Å². The van der Waals surface area contributed by atoms with Crippen LogP contribution in [0.15, 0.2) is 30.0 Å². The molecule has 0 aromatic carbocycles. The predicted octanol–water partition coefficient (Wildman–Crippen LogP) is 3.09. The third-order valence-electron chi connectivity index (χ3n) is 2.45. The molecule has 108 valence electrons. The van der Waals surface area contributed by atoms with Gasteiger partial charge in [0.2, 0.25) is 5.95 Å². The fourth-order valence-electron chi connectivity index (χ4n) is 1.60. The number of hydrogen-bond acceptors (Lipinski definition) is 6. The number of alkyl halides is 3. The van der Waals surface area contributed by atoms with Gasteiger partial charge in [0.25, 0.3) is 0 Å². The van der Waals surface area contributed by atoms with E-state index in [0.717, 1.165) is 11.3 Å². The van der Waals surface area contributed by atoms with Crippen LogP contribution in [0.1, 0.15) is 5.69 Å². The highest BCUT2D eigenvalue weighted by Gasteiger charge is 2.37. The molecule has 3 rings (SSSR count). The van der Waals surface area contributed by atoms with E-state index >= 15 is 0 Å². The monoisotopic (exact) mass is 312 g/mol. The quantitative estimate of drug-likeness (QED) is 0.777. The first-order valence-corrected chi connectivity index (χ1v) is 6.53. The average molecular weight is 312 g/mol. The molecule has 0 spiro atoms. The molecule has 0 fully saturated rings. The summed E-state index contributed by atoms with van der Waals surface area (Å²) in [6.45, 7) is 0. The molecule has 0 unspecified atom stereocenters. The summed E-state index contributed by atoms with van der Waals surface area (Å²) in [7, 11) is 0. The van der Waals surface area contributed by atoms with Crippen molar-refractivity contribution in [1.29, 1.82) is 0 Å². The van der Waals surface area contributed by atoms with Crippen LogP contribution in [0.25, 0.3) is 10.6 Å². The highest BCUT2D eigenvalue weighted by Crippen LogP contribution is 2.37. The lowest BCUT2D eigenvalue weighted by atomic mass is 10.2. The molecule has 0 amide bonds. The maximum Gasteiger partial charge on any atom is 0.435 e. The van der Waals surface area contributed by atoms with Crippen LogP contribution in [-0.2, 0) is 6.18 Å². The highest BCUT2D eigenvalue weighted by atomic mass is 32.1. The molecule has 0 saturated heterocycles. The summed E-state index contributed by atoms with van der Waals surface area (Å²) in [5, 5.41) is 10.0. The molecule has 3 aromatic heterocycles. The molecule has 21 heavy (non-hydrogen) atoms. The van der Waals surface area contributed by atoms with Crippen molar-refractivity contribution in [3.63, 3.8) is 0 Å². The first-order valence-electron chi connectivity index (χ1n) is 5.65. The Hall–Kier alpha value is -2.49. The molecule has 0 aliphatic heterocycles. The van der Waals surface area contributed by atoms with Gasteiger partial charge in [0.05, 0.1) is 5.56 Å². The number of nitrogens with one attached hydrogen (secondary N) is 2. The maximum atomic E-state index is 12.8. The standard InChI is InChI=1S/C11H7F3N6S/c12-11(13,14)8-6(4-17-20-8)9-18-7(5-21-9)19-10-15-2-1-3-16-10/h1-5H,(H,17,20)(H,15,16,19). The van der Waals surface area contributed by atoms with E-state index in [0.29, 0.717) is 11.8 Å². The van der Waals surface area contributed by atoms with Gasteiger partial charge in [-0.1, -0.05) is 0 Å². The minimum atomic E-state index is -4.53. The van der Waals surface area contributed by atoms with Gasteiger partial charge < -0.3 is 5.32 Å². The molecule has 0 bridgehead atoms. The number of aromatic amines is 1. The van der Waals surface area contributed by atoms with E-state index in [1.54, 1.807) is 23.8 Å². The third kappa shape index (κ3) is 2.84. The molecule has 3 heterocycles. The zero-order chi connectivity index (χ0) is 14.9. The minimum Gasteiger partial charge on any atom is -0.308 e. The van der Waals surface area contributed by atoms with Crippen molar-refractivity contribution in [2.24, 2.45) is 0 Å². The Bertz CT molecular complexity index is 736. The Morgan fingerprint density at radius 3 is 2.67 bits per heavy atom. The highest BCUT2D eigenvalue weighted by molar-refractivity contribution is 7.13. The van der Waals surface area contributed by atoms with Crippen LogP contribution in [0.4, 0.5) is 24.9 Å². The van der Waals surface area contributed by atoms with Crippen LogP contribution in [0.5, 0.6) is 0 Å². The first kappa shape index (κ1) is 13.5. The van der Waals surface area contributed by atoms with E-state index in [4.69, 9.17) is 0 Å². The van der Waals surface area contributed by atoms with E-state index in [1.807, 2.05) is 0 Å². The molecular formula is C11H7F3N6S. The molecule has 0 atom stereocenters. The van der Waals surface area contributed by atoms with E-state index in [-0.39, 0.29) is 10.6 Å². The normalized spacial score (nSPS) is 11.6. The van der Waals surface area contributed by atoms with Crippen LogP contribution in [-0.4, -0.2) is 25.1 Å². The van der Waals surface area contributed by atoms with Crippen molar-refractivity contribution in [2.75, 3.05) is 5.32 Å². The summed E-state index contributed by atoms with van der Waals surface area (Å²) in [6, 6.07) is 1.65. The fourth-order valence-corrected chi connectivity index (χ4v) is 2.37. The molecule has 0 aliphatic rings.